The van der Waals surface area contributed by atoms with Gasteiger partial charge < -0.3 is 24.3 Å². The third-order valence-corrected chi connectivity index (χ3v) is 9.76. The van der Waals surface area contributed by atoms with E-state index in [0.717, 1.165) is 29.5 Å². The number of amides is 1. The maximum absolute atomic E-state index is 13.9. The molecule has 0 spiro atoms. The molecule has 3 heterocycles. The number of piperidine rings is 1. The van der Waals surface area contributed by atoms with Crippen molar-refractivity contribution in [3.63, 3.8) is 0 Å². The lowest BCUT2D eigenvalue weighted by Crippen LogP contribution is -2.50. The van der Waals surface area contributed by atoms with Crippen molar-refractivity contribution in [2.24, 2.45) is 5.92 Å². The Morgan fingerprint density at radius 1 is 1.12 bits per heavy atom. The van der Waals surface area contributed by atoms with Gasteiger partial charge in [-0.1, -0.05) is 73.0 Å². The number of halogens is 2. The number of carboxylic acids is 1. The van der Waals surface area contributed by atoms with E-state index in [-0.39, 0.29) is 11.6 Å². The zero-order valence-electron chi connectivity index (χ0n) is 26.8. The van der Waals surface area contributed by atoms with Crippen LogP contribution in [0.1, 0.15) is 65.5 Å². The van der Waals surface area contributed by atoms with Gasteiger partial charge >= 0.3 is 5.97 Å². The van der Waals surface area contributed by atoms with E-state index in [0.29, 0.717) is 46.2 Å². The third-order valence-electron chi connectivity index (χ3n) is 9.15. The van der Waals surface area contributed by atoms with Gasteiger partial charge in [-0.25, -0.2) is 4.98 Å². The van der Waals surface area contributed by atoms with Gasteiger partial charge in [-0.05, 0) is 66.4 Å². The first-order chi connectivity index (χ1) is 23.1. The van der Waals surface area contributed by atoms with E-state index < -0.39 is 35.7 Å². The molecule has 3 atom stereocenters. The van der Waals surface area contributed by atoms with Crippen molar-refractivity contribution in [2.75, 3.05) is 20.8 Å². The van der Waals surface area contributed by atoms with Gasteiger partial charge in [-0.3, -0.25) is 19.5 Å². The minimum absolute atomic E-state index is 0.171. The SMILES string of the molecule is COC(OC)c1ccc(C(=O)NC2(c3nc4cc(CN5CCCC[C@H]5C(=O)O)cc(Cl)c4o3)C=CC=C(c3ccccc3Cl)C2C)nc1. The van der Waals surface area contributed by atoms with Crippen LogP contribution in [0.2, 0.25) is 10.0 Å². The Hall–Kier alpha value is -4.06. The summed E-state index contributed by atoms with van der Waals surface area (Å²) in [5.74, 6) is -1.47. The monoisotopic (exact) mass is 690 g/mol. The van der Waals surface area contributed by atoms with Crippen LogP contribution in [-0.2, 0) is 26.4 Å². The molecule has 0 saturated carbocycles. The molecule has 0 bridgehead atoms. The van der Waals surface area contributed by atoms with Gasteiger partial charge in [0.15, 0.2) is 11.9 Å². The number of hydrogen-bond acceptors (Lipinski definition) is 8. The van der Waals surface area contributed by atoms with Crippen molar-refractivity contribution >= 4 is 51.8 Å². The van der Waals surface area contributed by atoms with Crippen LogP contribution in [0.25, 0.3) is 16.7 Å². The summed E-state index contributed by atoms with van der Waals surface area (Å²) in [7, 11) is 3.05. The van der Waals surface area contributed by atoms with Gasteiger partial charge in [0.1, 0.15) is 22.8 Å². The van der Waals surface area contributed by atoms with Gasteiger partial charge in [-0.2, -0.15) is 0 Å². The number of ether oxygens (including phenoxy) is 2. The maximum Gasteiger partial charge on any atom is 0.320 e. The number of rotatable bonds is 10. The van der Waals surface area contributed by atoms with Crippen LogP contribution in [0.4, 0.5) is 0 Å². The van der Waals surface area contributed by atoms with Crippen molar-refractivity contribution in [3.05, 3.63) is 111 Å². The van der Waals surface area contributed by atoms with Gasteiger partial charge in [0.05, 0.1) is 5.02 Å². The van der Waals surface area contributed by atoms with Crippen molar-refractivity contribution < 1.29 is 28.6 Å². The van der Waals surface area contributed by atoms with Gasteiger partial charge in [0.25, 0.3) is 5.91 Å². The number of fused-ring (bicyclic) bond motifs is 1. The van der Waals surface area contributed by atoms with Crippen molar-refractivity contribution in [1.82, 2.24) is 20.2 Å². The quantitative estimate of drug-likeness (QED) is 0.166. The molecule has 1 aliphatic carbocycles. The number of aromatic nitrogens is 2. The number of benzene rings is 2. The van der Waals surface area contributed by atoms with E-state index in [9.17, 15) is 14.7 Å². The van der Waals surface area contributed by atoms with Gasteiger partial charge in [-0.15, -0.1) is 0 Å². The van der Waals surface area contributed by atoms with Crippen molar-refractivity contribution in [2.45, 2.75) is 50.6 Å². The Morgan fingerprint density at radius 3 is 2.62 bits per heavy atom. The highest BCUT2D eigenvalue weighted by atomic mass is 35.5. The topological polar surface area (TPSA) is 127 Å². The molecule has 48 heavy (non-hydrogen) atoms. The molecule has 4 aromatic rings. The fourth-order valence-corrected chi connectivity index (χ4v) is 7.14. The fourth-order valence-electron chi connectivity index (χ4n) is 6.62. The lowest BCUT2D eigenvalue weighted by Gasteiger charge is -2.38. The molecule has 10 nitrogen and oxygen atoms in total. The Bertz CT molecular complexity index is 1890. The molecular weight excluding hydrogens is 655 g/mol. The Balaban J connectivity index is 1.40. The number of oxazole rings is 1. The minimum atomic E-state index is -1.27. The predicted molar refractivity (Wildman–Crippen MR) is 183 cm³/mol. The predicted octanol–water partition coefficient (Wildman–Crippen LogP) is 7.17. The molecule has 2 N–H and O–H groups in total. The first-order valence-electron chi connectivity index (χ1n) is 15.7. The van der Waals surface area contributed by atoms with E-state index in [1.54, 1.807) is 18.2 Å². The molecule has 2 unspecified atom stereocenters. The van der Waals surface area contributed by atoms with E-state index in [2.05, 4.69) is 10.3 Å². The second kappa shape index (κ2) is 14.2. The minimum Gasteiger partial charge on any atom is -0.480 e. The maximum atomic E-state index is 13.9. The molecule has 0 radical (unpaired) electrons. The van der Waals surface area contributed by atoms with Crippen LogP contribution in [-0.4, -0.2) is 58.7 Å². The second-order valence-electron chi connectivity index (χ2n) is 12.1. The Labute approximate surface area is 288 Å². The normalized spacial score (nSPS) is 21.4. The molecule has 1 saturated heterocycles. The molecule has 12 heteroatoms. The second-order valence-corrected chi connectivity index (χ2v) is 12.9. The van der Waals surface area contributed by atoms with Crippen LogP contribution in [0.15, 0.2) is 77.4 Å². The lowest BCUT2D eigenvalue weighted by molar-refractivity contribution is -0.144. The number of pyridine rings is 1. The molecule has 250 valence electrons. The van der Waals surface area contributed by atoms with Crippen molar-refractivity contribution in [3.8, 4) is 0 Å². The van der Waals surface area contributed by atoms with Crippen LogP contribution in [0, 0.1) is 5.92 Å². The largest absolute Gasteiger partial charge is 0.480 e. The highest BCUT2D eigenvalue weighted by Gasteiger charge is 2.46. The number of nitrogens with one attached hydrogen (secondary N) is 1. The summed E-state index contributed by atoms with van der Waals surface area (Å²) in [6.07, 6.45) is 8.98. The Morgan fingerprint density at radius 2 is 1.92 bits per heavy atom. The van der Waals surface area contributed by atoms with E-state index in [4.69, 9.17) is 42.1 Å². The smallest absolute Gasteiger partial charge is 0.320 e. The van der Waals surface area contributed by atoms with E-state index in [1.807, 2.05) is 60.4 Å². The van der Waals surface area contributed by atoms with Crippen molar-refractivity contribution in [1.29, 1.82) is 0 Å². The summed E-state index contributed by atoms with van der Waals surface area (Å²) in [4.78, 5) is 37.1. The average molecular weight is 692 g/mol. The van der Waals surface area contributed by atoms with Gasteiger partial charge in [0.2, 0.25) is 5.89 Å². The summed E-state index contributed by atoms with van der Waals surface area (Å²) in [6.45, 7) is 3.06. The summed E-state index contributed by atoms with van der Waals surface area (Å²) >= 11 is 13.5. The summed E-state index contributed by atoms with van der Waals surface area (Å²) < 4.78 is 17.0. The van der Waals surface area contributed by atoms with E-state index >= 15 is 0 Å². The summed E-state index contributed by atoms with van der Waals surface area (Å²) in [5.41, 5.74) is 2.91. The average Bonchev–Trinajstić information content (AvgIpc) is 3.53. The molecule has 2 aromatic heterocycles. The zero-order valence-corrected chi connectivity index (χ0v) is 28.3. The van der Waals surface area contributed by atoms with Gasteiger partial charge in [0, 0.05) is 43.5 Å². The third kappa shape index (κ3) is 6.51. The number of carboxylic acid groups (broad SMARTS) is 1. The molecule has 1 fully saturated rings. The first-order valence-corrected chi connectivity index (χ1v) is 16.5. The van der Waals surface area contributed by atoms with Crippen LogP contribution >= 0.6 is 23.2 Å². The summed E-state index contributed by atoms with van der Waals surface area (Å²) in [5, 5.41) is 13.9. The number of carbonyl (C=O) groups is 2. The highest BCUT2D eigenvalue weighted by Crippen LogP contribution is 2.45. The number of allylic oxidation sites excluding steroid dienone is 2. The Kier molecular flexibility index (Phi) is 10.0. The molecule has 2 aromatic carbocycles. The van der Waals surface area contributed by atoms with Crippen LogP contribution < -0.4 is 5.32 Å². The van der Waals surface area contributed by atoms with Crippen LogP contribution in [0.5, 0.6) is 0 Å². The van der Waals surface area contributed by atoms with E-state index in [1.165, 1.54) is 20.4 Å². The zero-order chi connectivity index (χ0) is 34.0. The summed E-state index contributed by atoms with van der Waals surface area (Å²) in [6, 6.07) is 13.9. The molecular formula is C36H36Cl2N4O6. The number of hydrogen-bond donors (Lipinski definition) is 2. The molecule has 1 aliphatic heterocycles. The number of nitrogens with zero attached hydrogens (tertiary/aromatic N) is 3. The molecule has 1 amide bonds. The number of likely N-dealkylation sites (tertiary alicyclic amines) is 1. The lowest BCUT2D eigenvalue weighted by atomic mass is 9.74. The molecule has 2 aliphatic rings. The number of carbonyl (C=O) groups excluding carboxylic acids is 1. The fraction of sp³-hybridized carbons (Fsp3) is 0.333. The highest BCUT2D eigenvalue weighted by molar-refractivity contribution is 6.34. The molecule has 6 rings (SSSR count). The number of methoxy groups -OCH3 is 2. The standard InChI is InChI=1S/C36H36Cl2N4O6/c1-21-24(25-9-4-5-11-26(25)37)10-8-15-36(21,41-32(43)28-14-13-23(19-39-28)34(46-2)47-3)35-40-29-18-22(17-27(38)31(29)48-35)20-42-16-7-6-12-30(42)33(44)45/h4-5,8-11,13-15,17-19,21,30,34H,6-7,12,16,20H2,1-3H3,(H,41,43)(H,44,45)/t21?,30-,36?/m0/s1. The van der Waals surface area contributed by atoms with Crippen LogP contribution in [0.3, 0.4) is 0 Å². The first kappa shape index (κ1) is 33.8. The number of aliphatic carboxylic acids is 1.